The van der Waals surface area contributed by atoms with Crippen LogP contribution in [0.25, 0.3) is 11.0 Å². The fourth-order valence-electron chi connectivity index (χ4n) is 5.55. The van der Waals surface area contributed by atoms with Crippen LogP contribution in [-0.2, 0) is 11.2 Å². The number of hydrogen-bond donors (Lipinski definition) is 2. The standard InChI is InChI=1S/C36H43N3O4/c1-4-6-22-39(23-7-5-2)25-30(26(3)37-38-32(40)24-27-16-10-8-11-17-27)33(28-18-12-9-13-19-28)34-35(41)29-20-14-15-21-31(29)43-36(34)42/h8-21,30,33,41H,4-7,22-25H2,1-3H3,(H,38,40)/b37-26-/t30-,33-/m1/s1. The van der Waals surface area contributed by atoms with Crippen LogP contribution >= 0.6 is 0 Å². The van der Waals surface area contributed by atoms with Crippen molar-refractivity contribution in [1.82, 2.24) is 10.3 Å². The fourth-order valence-corrected chi connectivity index (χ4v) is 5.55. The second-order valence-electron chi connectivity index (χ2n) is 11.1. The van der Waals surface area contributed by atoms with Crippen molar-refractivity contribution >= 4 is 22.6 Å². The number of hydrogen-bond acceptors (Lipinski definition) is 6. The third-order valence-corrected chi connectivity index (χ3v) is 7.90. The van der Waals surface area contributed by atoms with E-state index in [2.05, 4.69) is 29.3 Å². The first-order valence-electron chi connectivity index (χ1n) is 15.3. The molecular weight excluding hydrogens is 538 g/mol. The van der Waals surface area contributed by atoms with Crippen molar-refractivity contribution in [2.45, 2.75) is 58.8 Å². The maximum absolute atomic E-state index is 13.6. The Bertz CT molecular complexity index is 1540. The van der Waals surface area contributed by atoms with Crippen molar-refractivity contribution in [3.05, 3.63) is 112 Å². The Morgan fingerprint density at radius 3 is 2.16 bits per heavy atom. The highest BCUT2D eigenvalue weighted by Crippen LogP contribution is 2.39. The van der Waals surface area contributed by atoms with Crippen molar-refractivity contribution in [2.75, 3.05) is 19.6 Å². The van der Waals surface area contributed by atoms with Crippen molar-refractivity contribution in [1.29, 1.82) is 0 Å². The molecule has 1 heterocycles. The van der Waals surface area contributed by atoms with Crippen LogP contribution < -0.4 is 11.1 Å². The van der Waals surface area contributed by atoms with E-state index in [9.17, 15) is 14.7 Å². The highest BCUT2D eigenvalue weighted by Gasteiger charge is 2.34. The lowest BCUT2D eigenvalue weighted by Crippen LogP contribution is -2.39. The summed E-state index contributed by atoms with van der Waals surface area (Å²) in [5.74, 6) is -1.21. The number of hydrazone groups is 1. The van der Waals surface area contributed by atoms with Gasteiger partial charge < -0.3 is 14.4 Å². The molecule has 1 amide bonds. The summed E-state index contributed by atoms with van der Waals surface area (Å²) in [5, 5.41) is 16.7. The van der Waals surface area contributed by atoms with E-state index in [1.807, 2.05) is 73.7 Å². The van der Waals surface area contributed by atoms with Gasteiger partial charge in [-0.15, -0.1) is 0 Å². The van der Waals surface area contributed by atoms with Gasteiger partial charge in [0.2, 0.25) is 5.91 Å². The number of nitrogens with zero attached hydrogens (tertiary/aromatic N) is 2. The van der Waals surface area contributed by atoms with E-state index < -0.39 is 11.5 Å². The lowest BCUT2D eigenvalue weighted by molar-refractivity contribution is -0.120. The van der Waals surface area contributed by atoms with Crippen LogP contribution in [0.5, 0.6) is 5.75 Å². The quantitative estimate of drug-likeness (QED) is 0.0906. The van der Waals surface area contributed by atoms with Gasteiger partial charge in [-0.05, 0) is 56.1 Å². The average molecular weight is 582 g/mol. The molecule has 0 bridgehead atoms. The number of unbranched alkanes of at least 4 members (excludes halogenated alkanes) is 2. The van der Waals surface area contributed by atoms with Gasteiger partial charge in [0.25, 0.3) is 0 Å². The van der Waals surface area contributed by atoms with Crippen molar-refractivity contribution in [3.8, 4) is 5.75 Å². The highest BCUT2D eigenvalue weighted by molar-refractivity contribution is 5.89. The molecule has 0 aliphatic rings. The largest absolute Gasteiger partial charge is 0.507 e. The van der Waals surface area contributed by atoms with Crippen LogP contribution in [0.2, 0.25) is 0 Å². The average Bonchev–Trinajstić information content (AvgIpc) is 3.03. The first kappa shape index (κ1) is 31.7. The number of amides is 1. The third kappa shape index (κ3) is 8.42. The number of rotatable bonds is 15. The SMILES string of the molecule is CCCCN(CCCC)C[C@H](/C(C)=N\NC(=O)Cc1ccccc1)[C@@H](c1ccccc1)c1c(O)c2ccccc2oc1=O. The minimum atomic E-state index is -0.579. The van der Waals surface area contributed by atoms with Gasteiger partial charge in [0.05, 0.1) is 17.4 Å². The van der Waals surface area contributed by atoms with Crippen molar-refractivity contribution in [2.24, 2.45) is 11.0 Å². The molecule has 7 heteroatoms. The van der Waals surface area contributed by atoms with Gasteiger partial charge in [0.15, 0.2) is 0 Å². The van der Waals surface area contributed by atoms with Crippen LogP contribution in [0, 0.1) is 5.92 Å². The second-order valence-corrected chi connectivity index (χ2v) is 11.1. The molecule has 0 saturated carbocycles. The van der Waals surface area contributed by atoms with Gasteiger partial charge in [-0.25, -0.2) is 10.2 Å². The van der Waals surface area contributed by atoms with E-state index in [-0.39, 0.29) is 29.6 Å². The Morgan fingerprint density at radius 1 is 0.907 bits per heavy atom. The van der Waals surface area contributed by atoms with Crippen LogP contribution in [0.15, 0.2) is 99.2 Å². The summed E-state index contributed by atoms with van der Waals surface area (Å²) in [6, 6.07) is 26.3. The number of carbonyl (C=O) groups excluding carboxylic acids is 1. The van der Waals surface area contributed by atoms with Gasteiger partial charge in [-0.3, -0.25) is 4.79 Å². The molecule has 43 heavy (non-hydrogen) atoms. The lowest BCUT2D eigenvalue weighted by atomic mass is 9.78. The van der Waals surface area contributed by atoms with E-state index in [0.717, 1.165) is 49.9 Å². The summed E-state index contributed by atoms with van der Waals surface area (Å²) < 4.78 is 5.77. The summed E-state index contributed by atoms with van der Waals surface area (Å²) in [5.41, 5.74) is 5.14. The predicted molar refractivity (Wildman–Crippen MR) is 174 cm³/mol. The number of para-hydroxylation sites is 1. The van der Waals surface area contributed by atoms with Gasteiger partial charge in [0.1, 0.15) is 11.3 Å². The van der Waals surface area contributed by atoms with E-state index in [1.165, 1.54) is 0 Å². The Labute approximate surface area is 254 Å². The first-order chi connectivity index (χ1) is 20.9. The molecule has 4 aromatic rings. The summed E-state index contributed by atoms with van der Waals surface area (Å²) >= 11 is 0. The lowest BCUT2D eigenvalue weighted by Gasteiger charge is -2.33. The zero-order valence-electron chi connectivity index (χ0n) is 25.5. The molecule has 1 aromatic heterocycles. The number of aromatic hydroxyl groups is 1. The fraction of sp³-hybridized carbons (Fsp3) is 0.361. The van der Waals surface area contributed by atoms with E-state index in [0.29, 0.717) is 23.2 Å². The molecule has 0 aliphatic heterocycles. The zero-order chi connectivity index (χ0) is 30.6. The molecule has 0 spiro atoms. The minimum absolute atomic E-state index is 0.0831. The van der Waals surface area contributed by atoms with Crippen LogP contribution in [0.1, 0.15) is 69.1 Å². The first-order valence-corrected chi connectivity index (χ1v) is 15.3. The summed E-state index contributed by atoms with van der Waals surface area (Å²) in [4.78, 5) is 28.9. The Morgan fingerprint density at radius 2 is 1.51 bits per heavy atom. The minimum Gasteiger partial charge on any atom is -0.507 e. The predicted octanol–water partition coefficient (Wildman–Crippen LogP) is 6.88. The van der Waals surface area contributed by atoms with Crippen molar-refractivity contribution < 1.29 is 14.3 Å². The molecule has 0 fully saturated rings. The number of fused-ring (bicyclic) bond motifs is 1. The topological polar surface area (TPSA) is 95.1 Å². The Balaban J connectivity index is 1.81. The third-order valence-electron chi connectivity index (χ3n) is 7.90. The van der Waals surface area contributed by atoms with Crippen LogP contribution in [-0.4, -0.2) is 41.3 Å². The van der Waals surface area contributed by atoms with Crippen molar-refractivity contribution in [3.63, 3.8) is 0 Å². The van der Waals surface area contributed by atoms with Gasteiger partial charge >= 0.3 is 5.63 Å². The van der Waals surface area contributed by atoms with Gasteiger partial charge in [-0.1, -0.05) is 99.5 Å². The maximum atomic E-state index is 13.6. The number of carbonyl (C=O) groups is 1. The molecule has 0 radical (unpaired) electrons. The number of nitrogens with one attached hydrogen (secondary N) is 1. The Hall–Kier alpha value is -4.23. The molecule has 7 nitrogen and oxygen atoms in total. The normalized spacial score (nSPS) is 13.3. The molecule has 0 unspecified atom stereocenters. The van der Waals surface area contributed by atoms with E-state index in [4.69, 9.17) is 4.42 Å². The highest BCUT2D eigenvalue weighted by atomic mass is 16.4. The summed E-state index contributed by atoms with van der Waals surface area (Å²) in [7, 11) is 0. The molecular formula is C36H43N3O4. The van der Waals surface area contributed by atoms with Gasteiger partial charge in [-0.2, -0.15) is 5.10 Å². The monoisotopic (exact) mass is 581 g/mol. The molecule has 3 aromatic carbocycles. The van der Waals surface area contributed by atoms with Gasteiger partial charge in [0, 0.05) is 24.1 Å². The maximum Gasteiger partial charge on any atom is 0.343 e. The molecule has 4 rings (SSSR count). The zero-order valence-corrected chi connectivity index (χ0v) is 25.5. The van der Waals surface area contributed by atoms with E-state index >= 15 is 0 Å². The molecule has 0 saturated heterocycles. The summed E-state index contributed by atoms with van der Waals surface area (Å²) in [6.45, 7) is 8.64. The number of benzene rings is 3. The van der Waals surface area contributed by atoms with Crippen LogP contribution in [0.3, 0.4) is 0 Å². The second kappa shape index (κ2) is 15.8. The Kier molecular flexibility index (Phi) is 11.7. The molecule has 226 valence electrons. The smallest absolute Gasteiger partial charge is 0.343 e. The summed E-state index contributed by atoms with van der Waals surface area (Å²) in [6.07, 6.45) is 4.42. The molecule has 2 N–H and O–H groups in total. The molecule has 0 aliphatic carbocycles. The van der Waals surface area contributed by atoms with Crippen LogP contribution in [0.4, 0.5) is 0 Å². The molecule has 2 atom stereocenters. The van der Waals surface area contributed by atoms with E-state index in [1.54, 1.807) is 18.2 Å².